The first-order valence-corrected chi connectivity index (χ1v) is 6.90. The molecule has 20 heavy (non-hydrogen) atoms. The Hall–Kier alpha value is -1.55. The standard InChI is InChI=1S/C15H9Cl2NO2/c16-8-1-2-9-12(5-8)18-11-3-4-13-10(6-19-7-20-13)14(11)15(9)17/h1-5H,6-7H2. The molecule has 5 heteroatoms. The van der Waals surface area contributed by atoms with E-state index in [0.29, 0.717) is 16.7 Å². The van der Waals surface area contributed by atoms with E-state index in [4.69, 9.17) is 32.7 Å². The van der Waals surface area contributed by atoms with Crippen LogP contribution in [0.5, 0.6) is 5.75 Å². The Bertz CT molecular complexity index is 848. The maximum Gasteiger partial charge on any atom is 0.189 e. The third-order valence-electron chi connectivity index (χ3n) is 3.45. The Morgan fingerprint density at radius 3 is 2.85 bits per heavy atom. The van der Waals surface area contributed by atoms with Crippen molar-refractivity contribution in [2.75, 3.05) is 6.79 Å². The van der Waals surface area contributed by atoms with Gasteiger partial charge in [0.25, 0.3) is 0 Å². The number of fused-ring (bicyclic) bond motifs is 4. The Kier molecular flexibility index (Phi) is 2.74. The first kappa shape index (κ1) is 12.2. The summed E-state index contributed by atoms with van der Waals surface area (Å²) in [5.41, 5.74) is 2.55. The third kappa shape index (κ3) is 1.74. The van der Waals surface area contributed by atoms with Crippen molar-refractivity contribution in [2.24, 2.45) is 0 Å². The van der Waals surface area contributed by atoms with Crippen LogP contribution in [0.15, 0.2) is 30.3 Å². The number of benzene rings is 2. The van der Waals surface area contributed by atoms with Gasteiger partial charge < -0.3 is 9.47 Å². The van der Waals surface area contributed by atoms with E-state index in [2.05, 4.69) is 4.98 Å². The van der Waals surface area contributed by atoms with Crippen LogP contribution in [0.25, 0.3) is 21.8 Å². The average molecular weight is 306 g/mol. The summed E-state index contributed by atoms with van der Waals surface area (Å²) in [6.07, 6.45) is 0. The van der Waals surface area contributed by atoms with Crippen LogP contribution < -0.4 is 4.74 Å². The Balaban J connectivity index is 2.16. The van der Waals surface area contributed by atoms with Crippen LogP contribution in [0.3, 0.4) is 0 Å². The lowest BCUT2D eigenvalue weighted by Crippen LogP contribution is -2.11. The Morgan fingerprint density at radius 1 is 1.05 bits per heavy atom. The number of rotatable bonds is 0. The summed E-state index contributed by atoms with van der Waals surface area (Å²) in [6, 6.07) is 9.32. The summed E-state index contributed by atoms with van der Waals surface area (Å²) in [5, 5.41) is 3.07. The number of ether oxygens (including phenoxy) is 2. The van der Waals surface area contributed by atoms with Gasteiger partial charge in [-0.1, -0.05) is 23.2 Å². The lowest BCUT2D eigenvalue weighted by Gasteiger charge is -2.20. The highest BCUT2D eigenvalue weighted by atomic mass is 35.5. The zero-order valence-corrected chi connectivity index (χ0v) is 11.8. The minimum atomic E-state index is 0.271. The second-order valence-electron chi connectivity index (χ2n) is 4.63. The van der Waals surface area contributed by atoms with Gasteiger partial charge in [0.2, 0.25) is 0 Å². The quantitative estimate of drug-likeness (QED) is 0.570. The molecule has 0 fully saturated rings. The van der Waals surface area contributed by atoms with E-state index in [0.717, 1.165) is 33.1 Å². The minimum Gasteiger partial charge on any atom is -0.467 e. The molecule has 1 aliphatic rings. The van der Waals surface area contributed by atoms with Crippen molar-refractivity contribution in [3.05, 3.63) is 45.9 Å². The summed E-state index contributed by atoms with van der Waals surface area (Å²) in [4.78, 5) is 4.63. The molecular formula is C15H9Cl2NO2. The summed E-state index contributed by atoms with van der Waals surface area (Å²) in [7, 11) is 0. The van der Waals surface area contributed by atoms with Gasteiger partial charge in [-0.2, -0.15) is 0 Å². The fourth-order valence-electron chi connectivity index (χ4n) is 2.53. The molecule has 100 valence electrons. The van der Waals surface area contributed by atoms with Gasteiger partial charge in [-0.15, -0.1) is 0 Å². The van der Waals surface area contributed by atoms with Crippen molar-refractivity contribution in [2.45, 2.75) is 6.61 Å². The molecule has 0 bridgehead atoms. The molecule has 1 aliphatic heterocycles. The van der Waals surface area contributed by atoms with E-state index in [1.165, 1.54) is 0 Å². The Morgan fingerprint density at radius 2 is 1.95 bits per heavy atom. The van der Waals surface area contributed by atoms with Crippen LogP contribution >= 0.6 is 23.2 Å². The Labute approximate surface area is 125 Å². The normalized spacial score (nSPS) is 14.3. The topological polar surface area (TPSA) is 31.4 Å². The molecular weight excluding hydrogens is 297 g/mol. The van der Waals surface area contributed by atoms with Crippen molar-refractivity contribution in [1.29, 1.82) is 0 Å². The van der Waals surface area contributed by atoms with Crippen LogP contribution in [-0.2, 0) is 11.3 Å². The molecule has 0 N–H and O–H groups in total. The zero-order chi connectivity index (χ0) is 13.7. The van der Waals surface area contributed by atoms with Gasteiger partial charge in [0.15, 0.2) is 6.79 Å². The lowest BCUT2D eigenvalue weighted by molar-refractivity contribution is -0.0154. The lowest BCUT2D eigenvalue weighted by atomic mass is 10.0. The minimum absolute atomic E-state index is 0.271. The molecule has 0 spiro atoms. The van der Waals surface area contributed by atoms with E-state index in [9.17, 15) is 0 Å². The smallest absolute Gasteiger partial charge is 0.189 e. The van der Waals surface area contributed by atoms with Gasteiger partial charge in [0.05, 0.1) is 22.7 Å². The van der Waals surface area contributed by atoms with Gasteiger partial charge >= 0.3 is 0 Å². The number of pyridine rings is 1. The highest BCUT2D eigenvalue weighted by Gasteiger charge is 2.18. The number of hydrogen-bond acceptors (Lipinski definition) is 3. The van der Waals surface area contributed by atoms with E-state index >= 15 is 0 Å². The third-order valence-corrected chi connectivity index (χ3v) is 4.08. The van der Waals surface area contributed by atoms with E-state index in [1.807, 2.05) is 30.3 Å². The molecule has 0 radical (unpaired) electrons. The van der Waals surface area contributed by atoms with Crippen LogP contribution in [0, 0.1) is 0 Å². The largest absolute Gasteiger partial charge is 0.467 e. The van der Waals surface area contributed by atoms with Crippen LogP contribution in [0.4, 0.5) is 0 Å². The second kappa shape index (κ2) is 4.48. The monoisotopic (exact) mass is 305 g/mol. The van der Waals surface area contributed by atoms with Crippen molar-refractivity contribution >= 4 is 45.0 Å². The predicted molar refractivity (Wildman–Crippen MR) is 79.6 cm³/mol. The molecule has 0 saturated heterocycles. The number of nitrogens with zero attached hydrogens (tertiary/aromatic N) is 1. The van der Waals surface area contributed by atoms with Gasteiger partial charge in [-0.3, -0.25) is 0 Å². The molecule has 3 nitrogen and oxygen atoms in total. The van der Waals surface area contributed by atoms with Gasteiger partial charge in [-0.25, -0.2) is 4.98 Å². The summed E-state index contributed by atoms with van der Waals surface area (Å²) >= 11 is 12.6. The fraction of sp³-hybridized carbons (Fsp3) is 0.133. The van der Waals surface area contributed by atoms with Gasteiger partial charge in [-0.05, 0) is 30.3 Å². The second-order valence-corrected chi connectivity index (χ2v) is 5.45. The van der Waals surface area contributed by atoms with Crippen LogP contribution in [0.2, 0.25) is 10.0 Å². The fourth-order valence-corrected chi connectivity index (χ4v) is 3.07. The summed E-state index contributed by atoms with van der Waals surface area (Å²) in [5.74, 6) is 0.806. The van der Waals surface area contributed by atoms with Crippen LogP contribution in [0.1, 0.15) is 5.56 Å². The molecule has 2 heterocycles. The van der Waals surface area contributed by atoms with Gasteiger partial charge in [0.1, 0.15) is 5.75 Å². The molecule has 2 aromatic carbocycles. The van der Waals surface area contributed by atoms with Crippen molar-refractivity contribution in [3.8, 4) is 5.75 Å². The molecule has 0 atom stereocenters. The SMILES string of the molecule is Clc1ccc2c(Cl)c3c4c(ccc3nc2c1)OCOC4. The molecule has 0 saturated carbocycles. The van der Waals surface area contributed by atoms with E-state index in [1.54, 1.807) is 0 Å². The zero-order valence-electron chi connectivity index (χ0n) is 10.3. The summed E-state index contributed by atoms with van der Waals surface area (Å²) in [6.45, 7) is 0.750. The maximum atomic E-state index is 6.57. The maximum absolute atomic E-state index is 6.57. The highest BCUT2D eigenvalue weighted by molar-refractivity contribution is 6.41. The predicted octanol–water partition coefficient (Wildman–Crippen LogP) is 4.56. The number of hydrogen-bond donors (Lipinski definition) is 0. The molecule has 0 aliphatic carbocycles. The first-order chi connectivity index (χ1) is 9.74. The van der Waals surface area contributed by atoms with Gasteiger partial charge in [0, 0.05) is 21.4 Å². The van der Waals surface area contributed by atoms with E-state index in [-0.39, 0.29) is 6.79 Å². The molecule has 0 unspecified atom stereocenters. The van der Waals surface area contributed by atoms with E-state index < -0.39 is 0 Å². The highest BCUT2D eigenvalue weighted by Crippen LogP contribution is 2.38. The number of halogens is 2. The summed E-state index contributed by atoms with van der Waals surface area (Å²) < 4.78 is 10.8. The average Bonchev–Trinajstić information content (AvgIpc) is 2.46. The molecule has 3 aromatic rings. The molecule has 1 aromatic heterocycles. The van der Waals surface area contributed by atoms with Crippen LogP contribution in [-0.4, -0.2) is 11.8 Å². The van der Waals surface area contributed by atoms with Crippen molar-refractivity contribution < 1.29 is 9.47 Å². The van der Waals surface area contributed by atoms with Crippen molar-refractivity contribution in [1.82, 2.24) is 4.98 Å². The van der Waals surface area contributed by atoms with Crippen molar-refractivity contribution in [3.63, 3.8) is 0 Å². The molecule has 4 rings (SSSR count). The first-order valence-electron chi connectivity index (χ1n) is 6.15. The molecule has 0 amide bonds. The number of aromatic nitrogens is 1.